The van der Waals surface area contributed by atoms with Crippen LogP contribution in [0.1, 0.15) is 11.6 Å². The van der Waals surface area contributed by atoms with Crippen molar-refractivity contribution in [2.45, 2.75) is 10.9 Å². The van der Waals surface area contributed by atoms with Crippen molar-refractivity contribution in [3.63, 3.8) is 0 Å². The second kappa shape index (κ2) is 4.50. The molecular weight excluding hydrogens is 228 g/mol. The molecule has 1 atom stereocenters. The van der Waals surface area contributed by atoms with Crippen LogP contribution >= 0.6 is 0 Å². The van der Waals surface area contributed by atoms with Gasteiger partial charge in [-0.25, -0.2) is 13.6 Å². The van der Waals surface area contributed by atoms with Gasteiger partial charge >= 0.3 is 0 Å². The average Bonchev–Trinajstić information content (AvgIpc) is 2.29. The van der Waals surface area contributed by atoms with E-state index >= 15 is 0 Å². The third-order valence-corrected chi connectivity index (χ3v) is 3.51. The van der Waals surface area contributed by atoms with Crippen LogP contribution in [0.2, 0.25) is 0 Å². The summed E-state index contributed by atoms with van der Waals surface area (Å²) < 4.78 is 28.1. The molecule has 3 N–H and O–H groups in total. The number of primary sulfonamides is 1. The predicted octanol–water partition coefficient (Wildman–Crippen LogP) is -0.00510. The van der Waals surface area contributed by atoms with E-state index in [4.69, 9.17) is 9.88 Å². The summed E-state index contributed by atoms with van der Waals surface area (Å²) in [4.78, 5) is 0.165. The van der Waals surface area contributed by atoms with Crippen LogP contribution in [0.3, 0.4) is 0 Å². The van der Waals surface area contributed by atoms with Crippen LogP contribution < -0.4 is 10.5 Å². The highest BCUT2D eigenvalue weighted by Gasteiger charge is 2.22. The van der Waals surface area contributed by atoms with Crippen molar-refractivity contribution < 1.29 is 13.2 Å². The highest BCUT2D eigenvalue weighted by molar-refractivity contribution is 7.89. The van der Waals surface area contributed by atoms with E-state index in [1.165, 1.54) is 6.07 Å². The van der Waals surface area contributed by atoms with Crippen molar-refractivity contribution in [2.24, 2.45) is 5.14 Å². The van der Waals surface area contributed by atoms with E-state index in [2.05, 4.69) is 5.32 Å². The number of nitrogens with two attached hydrogens (primary N) is 1. The molecule has 88 valence electrons. The normalized spacial score (nSPS) is 21.9. The SMILES string of the molecule is NS(=O)(=O)c1ccccc1C1COCCN1. The van der Waals surface area contributed by atoms with Crippen molar-refractivity contribution in [3.8, 4) is 0 Å². The number of hydrogen-bond donors (Lipinski definition) is 2. The molecule has 0 bridgehead atoms. The fourth-order valence-electron chi connectivity index (χ4n) is 1.79. The topological polar surface area (TPSA) is 81.4 Å². The molecule has 0 aliphatic carbocycles. The summed E-state index contributed by atoms with van der Waals surface area (Å²) >= 11 is 0. The summed E-state index contributed by atoms with van der Waals surface area (Å²) in [5.74, 6) is 0. The van der Waals surface area contributed by atoms with Gasteiger partial charge in [0.25, 0.3) is 0 Å². The Morgan fingerprint density at radius 2 is 2.12 bits per heavy atom. The van der Waals surface area contributed by atoms with Crippen molar-refractivity contribution in [2.75, 3.05) is 19.8 Å². The Kier molecular flexibility index (Phi) is 3.25. The molecule has 1 aliphatic rings. The Balaban J connectivity index is 2.40. The van der Waals surface area contributed by atoms with E-state index in [0.717, 1.165) is 0 Å². The molecule has 1 unspecified atom stereocenters. The summed E-state index contributed by atoms with van der Waals surface area (Å²) in [7, 11) is -3.68. The van der Waals surface area contributed by atoms with Crippen molar-refractivity contribution >= 4 is 10.0 Å². The molecule has 1 aromatic carbocycles. The minimum absolute atomic E-state index is 0.108. The van der Waals surface area contributed by atoms with Crippen LogP contribution in [0.5, 0.6) is 0 Å². The Bertz CT molecular complexity index is 467. The van der Waals surface area contributed by atoms with Gasteiger partial charge in [0.1, 0.15) is 0 Å². The maximum absolute atomic E-state index is 11.4. The lowest BCUT2D eigenvalue weighted by Crippen LogP contribution is -2.35. The third-order valence-electron chi connectivity index (χ3n) is 2.52. The molecular formula is C10H14N2O3S. The van der Waals surface area contributed by atoms with E-state index in [-0.39, 0.29) is 10.9 Å². The van der Waals surface area contributed by atoms with Gasteiger partial charge in [-0.15, -0.1) is 0 Å². The zero-order valence-electron chi connectivity index (χ0n) is 8.72. The van der Waals surface area contributed by atoms with Crippen LogP contribution in [0.25, 0.3) is 0 Å². The second-order valence-corrected chi connectivity index (χ2v) is 5.19. The number of morpholine rings is 1. The molecule has 1 saturated heterocycles. The van der Waals surface area contributed by atoms with E-state index in [1.807, 2.05) is 0 Å². The first kappa shape index (κ1) is 11.5. The first-order chi connectivity index (χ1) is 7.59. The Morgan fingerprint density at radius 3 is 2.75 bits per heavy atom. The summed E-state index contributed by atoms with van der Waals surface area (Å²) in [5.41, 5.74) is 0.671. The minimum Gasteiger partial charge on any atom is -0.378 e. The number of ether oxygens (including phenoxy) is 1. The lowest BCUT2D eigenvalue weighted by molar-refractivity contribution is 0.0761. The summed E-state index contributed by atoms with van der Waals surface area (Å²) in [6.07, 6.45) is 0. The second-order valence-electron chi connectivity index (χ2n) is 3.66. The maximum Gasteiger partial charge on any atom is 0.238 e. The molecule has 5 nitrogen and oxygen atoms in total. The van der Waals surface area contributed by atoms with Gasteiger partial charge in [0.2, 0.25) is 10.0 Å². The number of rotatable bonds is 2. The lowest BCUT2D eigenvalue weighted by atomic mass is 10.1. The third kappa shape index (κ3) is 2.41. The van der Waals surface area contributed by atoms with Gasteiger partial charge in [0.05, 0.1) is 24.2 Å². The van der Waals surface area contributed by atoms with Crippen LogP contribution in [0.15, 0.2) is 29.2 Å². The molecule has 1 aromatic rings. The van der Waals surface area contributed by atoms with Gasteiger partial charge in [0.15, 0.2) is 0 Å². The number of hydrogen-bond acceptors (Lipinski definition) is 4. The summed E-state index contributed by atoms with van der Waals surface area (Å²) in [6.45, 7) is 1.82. The molecule has 1 aliphatic heterocycles. The molecule has 0 saturated carbocycles. The van der Waals surface area contributed by atoms with E-state index in [0.29, 0.717) is 25.3 Å². The van der Waals surface area contributed by atoms with Gasteiger partial charge in [-0.1, -0.05) is 18.2 Å². The molecule has 0 radical (unpaired) electrons. The number of benzene rings is 1. The van der Waals surface area contributed by atoms with E-state index in [9.17, 15) is 8.42 Å². The molecule has 2 rings (SSSR count). The zero-order valence-corrected chi connectivity index (χ0v) is 9.53. The molecule has 0 aromatic heterocycles. The lowest BCUT2D eigenvalue weighted by Gasteiger charge is -2.25. The van der Waals surface area contributed by atoms with Gasteiger partial charge < -0.3 is 10.1 Å². The van der Waals surface area contributed by atoms with Crippen molar-refractivity contribution in [1.82, 2.24) is 5.32 Å². The largest absolute Gasteiger partial charge is 0.378 e. The Morgan fingerprint density at radius 1 is 1.38 bits per heavy atom. The Labute approximate surface area is 94.6 Å². The minimum atomic E-state index is -3.68. The monoisotopic (exact) mass is 242 g/mol. The first-order valence-corrected chi connectivity index (χ1v) is 6.56. The maximum atomic E-state index is 11.4. The fourth-order valence-corrected chi connectivity index (χ4v) is 2.60. The van der Waals surface area contributed by atoms with Crippen molar-refractivity contribution in [1.29, 1.82) is 0 Å². The van der Waals surface area contributed by atoms with Crippen LogP contribution in [-0.4, -0.2) is 28.2 Å². The van der Waals surface area contributed by atoms with E-state index in [1.54, 1.807) is 18.2 Å². The molecule has 6 heteroatoms. The molecule has 0 amide bonds. The van der Waals surface area contributed by atoms with Crippen molar-refractivity contribution in [3.05, 3.63) is 29.8 Å². The smallest absolute Gasteiger partial charge is 0.238 e. The fraction of sp³-hybridized carbons (Fsp3) is 0.400. The molecule has 1 fully saturated rings. The predicted molar refractivity (Wildman–Crippen MR) is 59.4 cm³/mol. The summed E-state index contributed by atoms with van der Waals surface area (Å²) in [5, 5.41) is 8.37. The highest BCUT2D eigenvalue weighted by atomic mass is 32.2. The molecule has 1 heterocycles. The standard InChI is InChI=1S/C10H14N2O3S/c11-16(13,14)10-4-2-1-3-8(10)9-7-15-6-5-12-9/h1-4,9,12H,5-7H2,(H2,11,13,14). The molecule has 0 spiro atoms. The quantitative estimate of drug-likeness (QED) is 0.764. The summed E-state index contributed by atoms with van der Waals surface area (Å²) in [6, 6.07) is 6.61. The van der Waals surface area contributed by atoms with Crippen LogP contribution in [-0.2, 0) is 14.8 Å². The Hall–Kier alpha value is -0.950. The van der Waals surface area contributed by atoms with Crippen LogP contribution in [0, 0.1) is 0 Å². The zero-order chi connectivity index (χ0) is 11.6. The van der Waals surface area contributed by atoms with Crippen LogP contribution in [0.4, 0.5) is 0 Å². The van der Waals surface area contributed by atoms with E-state index < -0.39 is 10.0 Å². The van der Waals surface area contributed by atoms with Gasteiger partial charge in [-0.3, -0.25) is 0 Å². The highest BCUT2D eigenvalue weighted by Crippen LogP contribution is 2.22. The first-order valence-electron chi connectivity index (χ1n) is 5.02. The number of nitrogens with one attached hydrogen (secondary N) is 1. The number of sulfonamides is 1. The van der Waals surface area contributed by atoms with Gasteiger partial charge in [0, 0.05) is 6.54 Å². The molecule has 16 heavy (non-hydrogen) atoms. The van der Waals surface area contributed by atoms with Gasteiger partial charge in [-0.2, -0.15) is 0 Å². The average molecular weight is 242 g/mol. The van der Waals surface area contributed by atoms with Gasteiger partial charge in [-0.05, 0) is 11.6 Å².